The molecule has 6 atom stereocenters. The zero-order valence-corrected chi connectivity index (χ0v) is 19.7. The maximum atomic E-state index is 13.1. The summed E-state index contributed by atoms with van der Waals surface area (Å²) in [6.07, 6.45) is -0.296. The Bertz CT molecular complexity index is 972. The highest BCUT2D eigenvalue weighted by Gasteiger charge is 2.59. The van der Waals surface area contributed by atoms with Crippen molar-refractivity contribution in [2.75, 3.05) is 37.6 Å². The molecule has 8 heteroatoms. The number of alkyl halides is 3. The van der Waals surface area contributed by atoms with Gasteiger partial charge in [-0.25, -0.2) is 0 Å². The summed E-state index contributed by atoms with van der Waals surface area (Å²) in [6, 6.07) is 5.44. The van der Waals surface area contributed by atoms with Gasteiger partial charge in [-0.1, -0.05) is 31.6 Å². The molecule has 3 fully saturated rings. The third-order valence-electron chi connectivity index (χ3n) is 8.94. The fourth-order valence-corrected chi connectivity index (χ4v) is 6.62. The van der Waals surface area contributed by atoms with Gasteiger partial charge < -0.3 is 14.7 Å². The maximum Gasteiger partial charge on any atom is 0.416 e. The van der Waals surface area contributed by atoms with Gasteiger partial charge in [-0.15, -0.1) is 0 Å². The molecule has 0 aromatic heterocycles. The Kier molecular flexibility index (Phi) is 5.96. The molecule has 0 unspecified atom stereocenters. The topological polar surface area (TPSA) is 53.0 Å². The lowest BCUT2D eigenvalue weighted by Gasteiger charge is -2.52. The number of hydrogen-bond donors (Lipinski definition) is 1. The molecular weight excluding hydrogens is 445 g/mol. The third kappa shape index (κ3) is 3.92. The van der Waals surface area contributed by atoms with E-state index in [1.54, 1.807) is 6.07 Å². The van der Waals surface area contributed by atoms with E-state index in [4.69, 9.17) is 4.74 Å². The molecule has 5 rings (SSSR count). The highest BCUT2D eigenvalue weighted by atomic mass is 19.4. The van der Waals surface area contributed by atoms with Crippen molar-refractivity contribution in [2.45, 2.75) is 51.5 Å². The largest absolute Gasteiger partial charge is 0.461 e. The molecule has 1 saturated carbocycles. The minimum absolute atomic E-state index is 0.225. The Labute approximate surface area is 198 Å². The van der Waals surface area contributed by atoms with Crippen LogP contribution in [0.25, 0.3) is 0 Å². The van der Waals surface area contributed by atoms with E-state index in [0.717, 1.165) is 18.9 Å². The number of aliphatic hydroxyl groups is 1. The summed E-state index contributed by atoms with van der Waals surface area (Å²) in [5, 5.41) is 11.5. The Balaban J connectivity index is 1.26. The number of allylic oxidation sites excluding steroid dienone is 1. The summed E-state index contributed by atoms with van der Waals surface area (Å²) in [5.74, 6) is -0.495. The summed E-state index contributed by atoms with van der Waals surface area (Å²) in [4.78, 5) is 17.0. The molecule has 4 aliphatic rings. The van der Waals surface area contributed by atoms with Crippen LogP contribution in [0.2, 0.25) is 0 Å². The molecule has 2 aliphatic carbocycles. The fourth-order valence-electron chi connectivity index (χ4n) is 6.62. The fraction of sp³-hybridized carbons (Fsp3) is 0.654. The number of halogens is 3. The lowest BCUT2D eigenvalue weighted by atomic mass is 9.55. The number of aliphatic hydroxyl groups excluding tert-OH is 1. The number of rotatable bonds is 3. The van der Waals surface area contributed by atoms with Crippen LogP contribution in [0, 0.1) is 23.2 Å². The summed E-state index contributed by atoms with van der Waals surface area (Å²) in [6.45, 7) is 7.30. The van der Waals surface area contributed by atoms with E-state index in [9.17, 15) is 23.1 Å². The van der Waals surface area contributed by atoms with Crippen molar-refractivity contribution < 1.29 is 27.8 Å². The first kappa shape index (κ1) is 23.7. The van der Waals surface area contributed by atoms with Crippen molar-refractivity contribution in [3.63, 3.8) is 0 Å². The van der Waals surface area contributed by atoms with Crippen LogP contribution in [-0.2, 0) is 15.7 Å². The molecule has 1 aromatic carbocycles. The first-order valence-corrected chi connectivity index (χ1v) is 12.3. The maximum absolute atomic E-state index is 13.1. The van der Waals surface area contributed by atoms with Gasteiger partial charge in [-0.3, -0.25) is 9.69 Å². The molecule has 0 bridgehead atoms. The lowest BCUT2D eigenvalue weighted by molar-refractivity contribution is -0.145. The average molecular weight is 479 g/mol. The Morgan fingerprint density at radius 1 is 1.21 bits per heavy atom. The summed E-state index contributed by atoms with van der Waals surface area (Å²) in [5.41, 5.74) is 0.824. The summed E-state index contributed by atoms with van der Waals surface area (Å²) >= 11 is 0. The number of carbonyl (C=O) groups is 1. The van der Waals surface area contributed by atoms with Crippen molar-refractivity contribution in [3.8, 4) is 0 Å². The molecule has 2 saturated heterocycles. The van der Waals surface area contributed by atoms with Gasteiger partial charge in [0.25, 0.3) is 0 Å². The zero-order valence-electron chi connectivity index (χ0n) is 19.7. The molecule has 0 spiro atoms. The van der Waals surface area contributed by atoms with Gasteiger partial charge in [0.2, 0.25) is 0 Å². The number of piperazine rings is 1. The average Bonchev–Trinajstić information content (AvgIpc) is 3.11. The Hall–Kier alpha value is -2.06. The first-order chi connectivity index (χ1) is 16.1. The molecule has 186 valence electrons. The number of esters is 1. The smallest absolute Gasteiger partial charge is 0.416 e. The van der Waals surface area contributed by atoms with E-state index in [1.165, 1.54) is 17.7 Å². The van der Waals surface area contributed by atoms with E-state index in [1.807, 2.05) is 4.90 Å². The number of fused-ring (bicyclic) bond motifs is 2. The number of ether oxygens (including phenoxy) is 1. The number of carbonyl (C=O) groups excluding carboxylic acids is 1. The monoisotopic (exact) mass is 478 g/mol. The van der Waals surface area contributed by atoms with Gasteiger partial charge in [-0.2, -0.15) is 13.2 Å². The van der Waals surface area contributed by atoms with E-state index in [0.29, 0.717) is 50.7 Å². The minimum atomic E-state index is -4.36. The van der Waals surface area contributed by atoms with Gasteiger partial charge in [0.15, 0.2) is 0 Å². The van der Waals surface area contributed by atoms with Crippen molar-refractivity contribution in [1.82, 2.24) is 4.90 Å². The van der Waals surface area contributed by atoms with Crippen LogP contribution in [0.15, 0.2) is 35.9 Å². The quantitative estimate of drug-likeness (QED) is 0.524. The van der Waals surface area contributed by atoms with Crippen LogP contribution in [0.3, 0.4) is 0 Å². The zero-order chi connectivity index (χ0) is 24.3. The lowest BCUT2D eigenvalue weighted by Crippen LogP contribution is -2.55. The van der Waals surface area contributed by atoms with E-state index in [2.05, 4.69) is 24.8 Å². The van der Waals surface area contributed by atoms with Crippen LogP contribution in [-0.4, -0.2) is 60.9 Å². The van der Waals surface area contributed by atoms with E-state index < -0.39 is 17.8 Å². The Morgan fingerprint density at radius 3 is 2.65 bits per heavy atom. The minimum Gasteiger partial charge on any atom is -0.461 e. The van der Waals surface area contributed by atoms with Crippen LogP contribution in [0.1, 0.15) is 38.7 Å². The molecular formula is C26H33F3N2O3. The van der Waals surface area contributed by atoms with Crippen molar-refractivity contribution in [3.05, 3.63) is 41.5 Å². The highest BCUT2D eigenvalue weighted by molar-refractivity contribution is 5.76. The number of anilines is 1. The molecule has 34 heavy (non-hydrogen) atoms. The molecule has 2 aliphatic heterocycles. The second-order valence-electron chi connectivity index (χ2n) is 10.6. The van der Waals surface area contributed by atoms with Crippen LogP contribution in [0.4, 0.5) is 18.9 Å². The first-order valence-electron chi connectivity index (χ1n) is 12.3. The molecule has 0 amide bonds. The predicted octanol–water partition coefficient (Wildman–Crippen LogP) is 4.11. The van der Waals surface area contributed by atoms with Crippen LogP contribution in [0.5, 0.6) is 0 Å². The van der Waals surface area contributed by atoms with Crippen LogP contribution >= 0.6 is 0 Å². The normalized spacial score (nSPS) is 36.5. The van der Waals surface area contributed by atoms with Crippen molar-refractivity contribution >= 4 is 11.7 Å². The SMILES string of the molecule is C[C@H]1CCC=C2C[C@H]3OC(=O)[C@H](CN4CCN(c5cccc(C(F)(F)F)c5)CC4)[C@@H]3[C@H](O)[C@@]21C. The molecule has 1 aromatic rings. The second-order valence-corrected chi connectivity index (χ2v) is 10.6. The van der Waals surface area contributed by atoms with Gasteiger partial charge in [0.05, 0.1) is 17.6 Å². The Morgan fingerprint density at radius 2 is 1.94 bits per heavy atom. The molecule has 1 N–H and O–H groups in total. The number of benzene rings is 1. The summed E-state index contributed by atoms with van der Waals surface area (Å²) < 4.78 is 45.0. The summed E-state index contributed by atoms with van der Waals surface area (Å²) in [7, 11) is 0. The highest BCUT2D eigenvalue weighted by Crippen LogP contribution is 2.56. The standard InChI is InChI=1S/C26H33F3N2O3/c1-16-5-3-6-17-14-21-22(23(32)25(16,17)2)20(24(33)34-21)15-30-9-11-31(12-10-30)19-8-4-7-18(13-19)26(27,28)29/h4,6-8,13,16,20-23,32H,3,5,9-12,14-15H2,1-2H3/t16-,20+,21+,22-,23-,25+/m0/s1. The number of hydrogen-bond acceptors (Lipinski definition) is 5. The third-order valence-corrected chi connectivity index (χ3v) is 8.94. The van der Waals surface area contributed by atoms with Gasteiger partial charge >= 0.3 is 12.1 Å². The predicted molar refractivity (Wildman–Crippen MR) is 122 cm³/mol. The second kappa shape index (κ2) is 8.55. The molecule has 2 heterocycles. The molecule has 5 nitrogen and oxygen atoms in total. The van der Waals surface area contributed by atoms with Gasteiger partial charge in [0, 0.05) is 56.2 Å². The van der Waals surface area contributed by atoms with Crippen molar-refractivity contribution in [2.24, 2.45) is 23.2 Å². The number of nitrogens with zero attached hydrogens (tertiary/aromatic N) is 2. The van der Waals surface area contributed by atoms with Gasteiger partial charge in [-0.05, 0) is 37.0 Å². The van der Waals surface area contributed by atoms with Crippen molar-refractivity contribution in [1.29, 1.82) is 0 Å². The van der Waals surface area contributed by atoms with E-state index in [-0.39, 0.29) is 29.3 Å². The molecule has 0 radical (unpaired) electrons. The van der Waals surface area contributed by atoms with E-state index >= 15 is 0 Å². The van der Waals surface area contributed by atoms with Crippen LogP contribution < -0.4 is 4.90 Å². The van der Waals surface area contributed by atoms with Gasteiger partial charge in [0.1, 0.15) is 6.10 Å².